The van der Waals surface area contributed by atoms with Crippen LogP contribution in [0.25, 0.3) is 0 Å². The summed E-state index contributed by atoms with van der Waals surface area (Å²) in [6.45, 7) is 11.1. The summed E-state index contributed by atoms with van der Waals surface area (Å²) in [7, 11) is 1.99. The highest BCUT2D eigenvalue weighted by Crippen LogP contribution is 2.35. The van der Waals surface area contributed by atoms with Gasteiger partial charge in [0.1, 0.15) is 11.6 Å². The van der Waals surface area contributed by atoms with Crippen LogP contribution in [0, 0.1) is 19.8 Å². The number of hydrogen-bond donors (Lipinski definition) is 0. The first-order chi connectivity index (χ1) is 14.3. The fraction of sp³-hybridized carbons (Fsp3) is 0.652. The molecule has 1 atom stereocenters. The monoisotopic (exact) mass is 410 g/mol. The molecule has 0 bridgehead atoms. The molecular weight excluding hydrogens is 376 g/mol. The Morgan fingerprint density at radius 1 is 1.17 bits per heavy atom. The number of amides is 1. The molecule has 0 N–H and O–H groups in total. The van der Waals surface area contributed by atoms with E-state index in [1.54, 1.807) is 0 Å². The second-order valence-electron chi connectivity index (χ2n) is 9.23. The normalized spacial score (nSPS) is 20.1. The van der Waals surface area contributed by atoms with Gasteiger partial charge in [-0.2, -0.15) is 5.10 Å². The van der Waals surface area contributed by atoms with Crippen molar-refractivity contribution in [1.29, 1.82) is 0 Å². The highest BCUT2D eigenvalue weighted by atomic mass is 16.2. The molecule has 162 valence electrons. The van der Waals surface area contributed by atoms with Crippen LogP contribution in [0.15, 0.2) is 6.20 Å². The summed E-state index contributed by atoms with van der Waals surface area (Å²) < 4.78 is 1.93. The number of carbonyl (C=O) groups excluding carboxylic acids is 1. The SMILES string of the molecule is Cc1nc([C@@H]2CCCCN2Cc2cnn(C)c2C)nc2c1CCC(=O)N2CC(C)C. The Hall–Kier alpha value is -2.28. The summed E-state index contributed by atoms with van der Waals surface area (Å²) in [5, 5.41) is 4.41. The van der Waals surface area contributed by atoms with Gasteiger partial charge in [-0.05, 0) is 45.6 Å². The predicted octanol–water partition coefficient (Wildman–Crippen LogP) is 3.49. The van der Waals surface area contributed by atoms with Crippen molar-refractivity contribution in [2.45, 2.75) is 72.4 Å². The number of anilines is 1. The Kier molecular flexibility index (Phi) is 5.91. The third-order valence-electron chi connectivity index (χ3n) is 6.52. The van der Waals surface area contributed by atoms with Crippen LogP contribution < -0.4 is 4.90 Å². The number of piperidine rings is 1. The van der Waals surface area contributed by atoms with Gasteiger partial charge in [-0.3, -0.25) is 19.3 Å². The number of nitrogens with zero attached hydrogens (tertiary/aromatic N) is 6. The molecule has 2 aromatic rings. The van der Waals surface area contributed by atoms with Crippen LogP contribution in [-0.4, -0.2) is 43.6 Å². The first-order valence-electron chi connectivity index (χ1n) is 11.2. The second kappa shape index (κ2) is 8.46. The molecule has 1 amide bonds. The van der Waals surface area contributed by atoms with E-state index in [4.69, 9.17) is 9.97 Å². The van der Waals surface area contributed by atoms with Crippen LogP contribution >= 0.6 is 0 Å². The third-order valence-corrected chi connectivity index (χ3v) is 6.52. The molecule has 30 heavy (non-hydrogen) atoms. The standard InChI is InChI=1S/C23H34N6O/c1-15(2)13-29-21(30)10-9-19-16(3)25-22(26-23(19)29)20-8-6-7-11-28(20)14-18-12-24-27(5)17(18)4/h12,15,20H,6-11,13-14H2,1-5H3/t20-/m0/s1. The van der Waals surface area contributed by atoms with Crippen LogP contribution in [-0.2, 0) is 24.8 Å². The highest BCUT2D eigenvalue weighted by molar-refractivity contribution is 5.95. The minimum absolute atomic E-state index is 0.181. The average molecular weight is 411 g/mol. The fourth-order valence-corrected chi connectivity index (χ4v) is 4.70. The highest BCUT2D eigenvalue weighted by Gasteiger charge is 2.32. The molecule has 2 aromatic heterocycles. The molecule has 2 aliphatic heterocycles. The van der Waals surface area contributed by atoms with Crippen LogP contribution in [0.1, 0.15) is 73.9 Å². The van der Waals surface area contributed by atoms with E-state index >= 15 is 0 Å². The van der Waals surface area contributed by atoms with Crippen LogP contribution in [0.5, 0.6) is 0 Å². The Labute approximate surface area is 179 Å². The molecule has 2 aliphatic rings. The summed E-state index contributed by atoms with van der Waals surface area (Å²) in [5.41, 5.74) is 4.63. The zero-order chi connectivity index (χ0) is 21.4. The van der Waals surface area contributed by atoms with Crippen molar-refractivity contribution in [2.24, 2.45) is 13.0 Å². The van der Waals surface area contributed by atoms with E-state index in [-0.39, 0.29) is 11.9 Å². The molecule has 1 saturated heterocycles. The van der Waals surface area contributed by atoms with Gasteiger partial charge in [0.25, 0.3) is 0 Å². The minimum Gasteiger partial charge on any atom is -0.296 e. The minimum atomic E-state index is 0.181. The number of aryl methyl sites for hydroxylation is 2. The number of carbonyl (C=O) groups is 1. The van der Waals surface area contributed by atoms with E-state index in [1.807, 2.05) is 22.8 Å². The number of hydrogen-bond acceptors (Lipinski definition) is 5. The molecule has 4 heterocycles. The number of rotatable bonds is 5. The summed E-state index contributed by atoms with van der Waals surface area (Å²) in [4.78, 5) is 27.1. The van der Waals surface area contributed by atoms with E-state index < -0.39 is 0 Å². The molecule has 0 saturated carbocycles. The smallest absolute Gasteiger partial charge is 0.228 e. The summed E-state index contributed by atoms with van der Waals surface area (Å²) in [6, 6.07) is 0.181. The molecule has 0 aliphatic carbocycles. The van der Waals surface area contributed by atoms with Crippen LogP contribution in [0.2, 0.25) is 0 Å². The summed E-state index contributed by atoms with van der Waals surface area (Å²) in [5.74, 6) is 2.31. The van der Waals surface area contributed by atoms with Crippen LogP contribution in [0.4, 0.5) is 5.82 Å². The van der Waals surface area contributed by atoms with Gasteiger partial charge in [-0.25, -0.2) is 9.97 Å². The number of aromatic nitrogens is 4. The molecule has 0 radical (unpaired) electrons. The molecule has 7 heteroatoms. The topological polar surface area (TPSA) is 67.2 Å². The van der Waals surface area contributed by atoms with E-state index in [1.165, 1.54) is 24.1 Å². The largest absolute Gasteiger partial charge is 0.296 e. The third kappa shape index (κ3) is 4.00. The van der Waals surface area contributed by atoms with E-state index in [9.17, 15) is 4.79 Å². The summed E-state index contributed by atoms with van der Waals surface area (Å²) in [6.07, 6.45) is 6.70. The zero-order valence-electron chi connectivity index (χ0n) is 19.0. The van der Waals surface area contributed by atoms with Crippen molar-refractivity contribution in [1.82, 2.24) is 24.6 Å². The quantitative estimate of drug-likeness (QED) is 0.755. The first-order valence-corrected chi connectivity index (χ1v) is 11.2. The van der Waals surface area contributed by atoms with Gasteiger partial charge in [-0.1, -0.05) is 20.3 Å². The number of likely N-dealkylation sites (tertiary alicyclic amines) is 1. The summed E-state index contributed by atoms with van der Waals surface area (Å²) >= 11 is 0. The van der Waals surface area contributed by atoms with Gasteiger partial charge >= 0.3 is 0 Å². The maximum Gasteiger partial charge on any atom is 0.228 e. The van der Waals surface area contributed by atoms with Gasteiger partial charge in [0.05, 0.1) is 12.2 Å². The van der Waals surface area contributed by atoms with Crippen molar-refractivity contribution in [3.05, 3.63) is 34.5 Å². The van der Waals surface area contributed by atoms with Gasteiger partial charge in [-0.15, -0.1) is 0 Å². The van der Waals surface area contributed by atoms with Crippen molar-refractivity contribution in [3.8, 4) is 0 Å². The molecule has 0 unspecified atom stereocenters. The Morgan fingerprint density at radius 2 is 1.97 bits per heavy atom. The molecule has 7 nitrogen and oxygen atoms in total. The lowest BCUT2D eigenvalue weighted by molar-refractivity contribution is -0.119. The second-order valence-corrected chi connectivity index (χ2v) is 9.23. The van der Waals surface area contributed by atoms with Crippen molar-refractivity contribution in [2.75, 3.05) is 18.0 Å². The molecular formula is C23H34N6O. The fourth-order valence-electron chi connectivity index (χ4n) is 4.70. The van der Waals surface area contributed by atoms with Crippen molar-refractivity contribution >= 4 is 11.7 Å². The average Bonchev–Trinajstić information content (AvgIpc) is 3.02. The maximum atomic E-state index is 12.7. The lowest BCUT2D eigenvalue weighted by atomic mass is 9.98. The lowest BCUT2D eigenvalue weighted by Crippen LogP contribution is -2.40. The van der Waals surface area contributed by atoms with Gasteiger partial charge in [0.15, 0.2) is 0 Å². The lowest BCUT2D eigenvalue weighted by Gasteiger charge is -2.36. The van der Waals surface area contributed by atoms with Gasteiger partial charge < -0.3 is 0 Å². The van der Waals surface area contributed by atoms with Crippen molar-refractivity contribution in [3.63, 3.8) is 0 Å². The zero-order valence-corrected chi connectivity index (χ0v) is 19.0. The Balaban J connectivity index is 1.68. The Bertz CT molecular complexity index is 934. The molecule has 1 fully saturated rings. The predicted molar refractivity (Wildman–Crippen MR) is 117 cm³/mol. The molecule has 0 aromatic carbocycles. The molecule has 0 spiro atoms. The van der Waals surface area contributed by atoms with Gasteiger partial charge in [0, 0.05) is 49.1 Å². The Morgan fingerprint density at radius 3 is 2.67 bits per heavy atom. The van der Waals surface area contributed by atoms with Gasteiger partial charge in [0.2, 0.25) is 5.91 Å². The van der Waals surface area contributed by atoms with E-state index in [0.717, 1.165) is 48.8 Å². The van der Waals surface area contributed by atoms with Crippen molar-refractivity contribution < 1.29 is 4.79 Å². The van der Waals surface area contributed by atoms with Crippen LogP contribution in [0.3, 0.4) is 0 Å². The molecule has 4 rings (SSSR count). The maximum absolute atomic E-state index is 12.7. The number of fused-ring (bicyclic) bond motifs is 1. The van der Waals surface area contributed by atoms with E-state index in [0.29, 0.717) is 18.9 Å². The van der Waals surface area contributed by atoms with E-state index in [2.05, 4.69) is 37.7 Å². The first kappa shape index (κ1) is 21.0.